The average Bonchev–Trinajstić information content (AvgIpc) is 3.05. The number of H-pyrrole nitrogens is 1. The normalized spacial score (nSPS) is 20.0. The summed E-state index contributed by atoms with van der Waals surface area (Å²) in [5.41, 5.74) is 2.46. The van der Waals surface area contributed by atoms with E-state index in [0.717, 1.165) is 17.1 Å². The standard InChI is InChI=1S/C15H17N3O3S/c1-10-8-16-14(17-10)11-3-2-4-13(7-11)18-15(19)12-5-6-22(20,21)9-12/h2-4,7-8,12H,5-6,9H2,1H3,(H,16,17)(H,18,19). The zero-order valence-corrected chi connectivity index (χ0v) is 13.0. The Balaban J connectivity index is 1.74. The van der Waals surface area contributed by atoms with Crippen LogP contribution >= 0.6 is 0 Å². The third-order valence-electron chi connectivity index (χ3n) is 3.71. The number of carbonyl (C=O) groups excluding carboxylic acids is 1. The number of carbonyl (C=O) groups is 1. The molecule has 0 saturated carbocycles. The summed E-state index contributed by atoms with van der Waals surface area (Å²) in [6.07, 6.45) is 2.13. The van der Waals surface area contributed by atoms with Crippen LogP contribution in [0.4, 0.5) is 5.69 Å². The van der Waals surface area contributed by atoms with Crippen molar-refractivity contribution in [1.29, 1.82) is 0 Å². The molecule has 0 radical (unpaired) electrons. The highest BCUT2D eigenvalue weighted by Gasteiger charge is 2.32. The second-order valence-corrected chi connectivity index (χ2v) is 7.81. The van der Waals surface area contributed by atoms with Crippen LogP contribution < -0.4 is 5.32 Å². The van der Waals surface area contributed by atoms with Crippen LogP contribution in [0.5, 0.6) is 0 Å². The SMILES string of the molecule is Cc1cnc(-c2cccc(NC(=O)C3CCS(=O)(=O)C3)c2)[nH]1. The summed E-state index contributed by atoms with van der Waals surface area (Å²) >= 11 is 0. The summed E-state index contributed by atoms with van der Waals surface area (Å²) in [5, 5.41) is 2.79. The molecule has 1 aromatic carbocycles. The maximum atomic E-state index is 12.2. The van der Waals surface area contributed by atoms with Crippen LogP contribution in [-0.2, 0) is 14.6 Å². The fourth-order valence-electron chi connectivity index (χ4n) is 2.55. The van der Waals surface area contributed by atoms with E-state index in [1.165, 1.54) is 0 Å². The molecule has 6 nitrogen and oxygen atoms in total. The Labute approximate surface area is 128 Å². The number of rotatable bonds is 3. The number of hydrogen-bond donors (Lipinski definition) is 2. The Morgan fingerprint density at radius 3 is 2.86 bits per heavy atom. The third kappa shape index (κ3) is 3.19. The van der Waals surface area contributed by atoms with E-state index in [1.54, 1.807) is 12.3 Å². The Hall–Kier alpha value is -2.15. The van der Waals surface area contributed by atoms with Crippen molar-refractivity contribution in [2.24, 2.45) is 5.92 Å². The molecule has 1 fully saturated rings. The molecule has 1 aliphatic heterocycles. The van der Waals surface area contributed by atoms with Crippen molar-refractivity contribution >= 4 is 21.4 Å². The summed E-state index contributed by atoms with van der Waals surface area (Å²) < 4.78 is 22.9. The van der Waals surface area contributed by atoms with E-state index < -0.39 is 15.8 Å². The fraction of sp³-hybridized carbons (Fsp3) is 0.333. The molecule has 2 N–H and O–H groups in total. The van der Waals surface area contributed by atoms with Gasteiger partial charge in [0.2, 0.25) is 5.91 Å². The quantitative estimate of drug-likeness (QED) is 0.901. The molecule has 22 heavy (non-hydrogen) atoms. The van der Waals surface area contributed by atoms with Gasteiger partial charge in [0.05, 0.1) is 17.4 Å². The highest BCUT2D eigenvalue weighted by Crippen LogP contribution is 2.23. The fourth-order valence-corrected chi connectivity index (χ4v) is 4.29. The van der Waals surface area contributed by atoms with E-state index in [0.29, 0.717) is 12.1 Å². The first kappa shape index (κ1) is 14.8. The van der Waals surface area contributed by atoms with Gasteiger partial charge < -0.3 is 10.3 Å². The van der Waals surface area contributed by atoms with Crippen LogP contribution in [0.1, 0.15) is 12.1 Å². The molecule has 1 saturated heterocycles. The maximum Gasteiger partial charge on any atom is 0.228 e. The van der Waals surface area contributed by atoms with E-state index in [-0.39, 0.29) is 17.4 Å². The Bertz CT molecular complexity index is 811. The van der Waals surface area contributed by atoms with E-state index in [9.17, 15) is 13.2 Å². The van der Waals surface area contributed by atoms with Gasteiger partial charge in [-0.25, -0.2) is 13.4 Å². The zero-order valence-electron chi connectivity index (χ0n) is 12.2. The van der Waals surface area contributed by atoms with Crippen LogP contribution in [0.2, 0.25) is 0 Å². The lowest BCUT2D eigenvalue weighted by atomic mass is 10.1. The molecule has 1 aliphatic rings. The van der Waals surface area contributed by atoms with Gasteiger partial charge in [-0.2, -0.15) is 0 Å². The van der Waals surface area contributed by atoms with Gasteiger partial charge in [-0.05, 0) is 25.5 Å². The molecule has 1 atom stereocenters. The molecule has 2 aromatic rings. The minimum absolute atomic E-state index is 0.0596. The molecule has 0 bridgehead atoms. The number of amides is 1. The smallest absolute Gasteiger partial charge is 0.228 e. The van der Waals surface area contributed by atoms with Crippen molar-refractivity contribution in [1.82, 2.24) is 9.97 Å². The van der Waals surface area contributed by atoms with Gasteiger partial charge in [-0.1, -0.05) is 12.1 Å². The van der Waals surface area contributed by atoms with E-state index in [2.05, 4.69) is 15.3 Å². The van der Waals surface area contributed by atoms with Gasteiger partial charge in [0.15, 0.2) is 9.84 Å². The summed E-state index contributed by atoms with van der Waals surface area (Å²) in [6.45, 7) is 1.92. The van der Waals surface area contributed by atoms with E-state index >= 15 is 0 Å². The van der Waals surface area contributed by atoms with E-state index in [1.807, 2.05) is 25.1 Å². The zero-order chi connectivity index (χ0) is 15.7. The second kappa shape index (κ2) is 5.57. The number of aromatic amines is 1. The monoisotopic (exact) mass is 319 g/mol. The predicted molar refractivity (Wildman–Crippen MR) is 84.2 cm³/mol. The van der Waals surface area contributed by atoms with Crippen LogP contribution in [0.15, 0.2) is 30.5 Å². The number of nitrogens with zero attached hydrogens (tertiary/aromatic N) is 1. The lowest BCUT2D eigenvalue weighted by molar-refractivity contribution is -0.119. The van der Waals surface area contributed by atoms with E-state index in [4.69, 9.17) is 0 Å². The predicted octanol–water partition coefficient (Wildman–Crippen LogP) is 1.76. The summed E-state index contributed by atoms with van der Waals surface area (Å²) in [7, 11) is -3.06. The molecule has 116 valence electrons. The minimum Gasteiger partial charge on any atom is -0.342 e. The van der Waals surface area contributed by atoms with Crippen molar-refractivity contribution < 1.29 is 13.2 Å². The van der Waals surface area contributed by atoms with Gasteiger partial charge in [0.1, 0.15) is 5.82 Å². The number of hydrogen-bond acceptors (Lipinski definition) is 4. The Morgan fingerprint density at radius 2 is 2.23 bits per heavy atom. The van der Waals surface area contributed by atoms with Crippen molar-refractivity contribution in [2.75, 3.05) is 16.8 Å². The first-order valence-corrected chi connectivity index (χ1v) is 8.88. The van der Waals surface area contributed by atoms with Crippen molar-refractivity contribution in [3.63, 3.8) is 0 Å². The molecular formula is C15H17N3O3S. The van der Waals surface area contributed by atoms with Gasteiger partial charge in [0, 0.05) is 23.1 Å². The highest BCUT2D eigenvalue weighted by molar-refractivity contribution is 7.91. The average molecular weight is 319 g/mol. The van der Waals surface area contributed by atoms with Crippen LogP contribution in [-0.4, -0.2) is 35.8 Å². The Morgan fingerprint density at radius 1 is 1.41 bits per heavy atom. The minimum atomic E-state index is -3.06. The van der Waals surface area contributed by atoms with Crippen molar-refractivity contribution in [3.8, 4) is 11.4 Å². The van der Waals surface area contributed by atoms with Gasteiger partial charge in [0.25, 0.3) is 0 Å². The van der Waals surface area contributed by atoms with Crippen LogP contribution in [0.25, 0.3) is 11.4 Å². The lowest BCUT2D eigenvalue weighted by Crippen LogP contribution is -2.23. The molecule has 3 rings (SSSR count). The number of imidazole rings is 1. The molecule has 1 unspecified atom stereocenters. The lowest BCUT2D eigenvalue weighted by Gasteiger charge is -2.10. The molecule has 0 spiro atoms. The highest BCUT2D eigenvalue weighted by atomic mass is 32.2. The first-order chi connectivity index (χ1) is 10.4. The first-order valence-electron chi connectivity index (χ1n) is 7.06. The summed E-state index contributed by atoms with van der Waals surface area (Å²) in [6, 6.07) is 7.32. The summed E-state index contributed by atoms with van der Waals surface area (Å²) in [4.78, 5) is 19.5. The number of sulfone groups is 1. The maximum absolute atomic E-state index is 12.2. The third-order valence-corrected chi connectivity index (χ3v) is 5.48. The van der Waals surface area contributed by atoms with Crippen LogP contribution in [0.3, 0.4) is 0 Å². The molecule has 1 amide bonds. The Kier molecular flexibility index (Phi) is 3.74. The number of anilines is 1. The topological polar surface area (TPSA) is 91.9 Å². The van der Waals surface area contributed by atoms with Gasteiger partial charge >= 0.3 is 0 Å². The largest absolute Gasteiger partial charge is 0.342 e. The molecule has 7 heteroatoms. The molecule has 1 aromatic heterocycles. The number of aryl methyl sites for hydroxylation is 1. The summed E-state index contributed by atoms with van der Waals surface area (Å²) in [5.74, 6) is 0.0672. The molecular weight excluding hydrogens is 302 g/mol. The van der Waals surface area contributed by atoms with Crippen molar-refractivity contribution in [2.45, 2.75) is 13.3 Å². The number of benzene rings is 1. The number of aromatic nitrogens is 2. The second-order valence-electron chi connectivity index (χ2n) is 5.58. The van der Waals surface area contributed by atoms with Gasteiger partial charge in [-0.15, -0.1) is 0 Å². The van der Waals surface area contributed by atoms with Gasteiger partial charge in [-0.3, -0.25) is 4.79 Å². The van der Waals surface area contributed by atoms with Crippen molar-refractivity contribution in [3.05, 3.63) is 36.2 Å². The molecule has 0 aliphatic carbocycles. The molecule has 2 heterocycles. The number of nitrogens with one attached hydrogen (secondary N) is 2. The van der Waals surface area contributed by atoms with Crippen LogP contribution in [0, 0.1) is 12.8 Å².